The van der Waals surface area contributed by atoms with Gasteiger partial charge in [0.05, 0.1) is 0 Å². The smallest absolute Gasteiger partial charge is 0.231 e. The first-order valence-corrected chi connectivity index (χ1v) is 6.02. The molecule has 0 bridgehead atoms. The van der Waals surface area contributed by atoms with Gasteiger partial charge in [0, 0.05) is 12.1 Å². The minimum atomic E-state index is 0.118. The molecule has 19 heavy (non-hydrogen) atoms. The maximum atomic E-state index is 10.7. The van der Waals surface area contributed by atoms with Crippen molar-refractivity contribution >= 4 is 12.2 Å². The molecule has 3 N–H and O–H groups in total. The summed E-state index contributed by atoms with van der Waals surface area (Å²) >= 11 is 0. The van der Waals surface area contributed by atoms with E-state index in [1.165, 1.54) is 0 Å². The fourth-order valence-electron chi connectivity index (χ4n) is 1.44. The van der Waals surface area contributed by atoms with Gasteiger partial charge in [0.1, 0.15) is 0 Å². The number of hydrogen-bond acceptors (Lipinski definition) is 5. The number of hydrazine groups is 1. The zero-order valence-electron chi connectivity index (χ0n) is 10.7. The van der Waals surface area contributed by atoms with Crippen LogP contribution < -0.4 is 26.2 Å². The molecule has 0 aliphatic carbocycles. The molecular weight excluding hydrogens is 244 g/mol. The summed E-state index contributed by atoms with van der Waals surface area (Å²) in [6, 6.07) is 7.29. The largest absolute Gasteiger partial charge is 0.454 e. The summed E-state index contributed by atoms with van der Waals surface area (Å²) < 4.78 is 10.4. The predicted octanol–water partition coefficient (Wildman–Crippen LogP) is 1.29. The first-order valence-electron chi connectivity index (χ1n) is 6.02. The van der Waals surface area contributed by atoms with Gasteiger partial charge in [-0.05, 0) is 23.8 Å². The topological polar surface area (TPSA) is 73.6 Å². The van der Waals surface area contributed by atoms with Crippen molar-refractivity contribution in [3.8, 4) is 11.5 Å². The minimum absolute atomic E-state index is 0.118. The summed E-state index contributed by atoms with van der Waals surface area (Å²) in [5.41, 5.74) is 4.32. The van der Waals surface area contributed by atoms with Gasteiger partial charge in [-0.2, -0.15) is 0 Å². The Balaban J connectivity index is 0.000000297. The molecule has 1 aliphatic rings. The first-order chi connectivity index (χ1) is 9.24. The van der Waals surface area contributed by atoms with E-state index in [1.807, 2.05) is 31.2 Å². The lowest BCUT2D eigenvalue weighted by Crippen LogP contribution is -2.20. The maximum Gasteiger partial charge on any atom is 0.231 e. The fourth-order valence-corrected chi connectivity index (χ4v) is 1.44. The molecule has 0 aromatic heterocycles. The molecule has 2 aromatic rings. The second-order valence-corrected chi connectivity index (χ2v) is 3.97. The first kappa shape index (κ1) is 13.3. The molecule has 0 unspecified atom stereocenters. The highest BCUT2D eigenvalue weighted by Gasteiger charge is 2.12. The summed E-state index contributed by atoms with van der Waals surface area (Å²) in [6.07, 6.45) is 3.69. The molecule has 3 rings (SSSR count). The molecule has 0 amide bonds. The molecule has 5 nitrogen and oxygen atoms in total. The van der Waals surface area contributed by atoms with Gasteiger partial charge in [-0.25, -0.2) is 0 Å². The van der Waals surface area contributed by atoms with E-state index >= 15 is 0 Å². The predicted molar refractivity (Wildman–Crippen MR) is 74.4 cm³/mol. The van der Waals surface area contributed by atoms with Crippen LogP contribution in [-0.2, 0) is 0 Å². The third-order valence-corrected chi connectivity index (χ3v) is 2.54. The summed E-state index contributed by atoms with van der Waals surface area (Å²) in [5.74, 6) is 6.31. The highest BCUT2D eigenvalue weighted by atomic mass is 16.7. The molecule has 0 atom stereocenters. The van der Waals surface area contributed by atoms with Crippen LogP contribution in [-0.4, -0.2) is 13.3 Å². The molecule has 1 heterocycles. The van der Waals surface area contributed by atoms with Gasteiger partial charge in [0.15, 0.2) is 16.9 Å². The van der Waals surface area contributed by atoms with Crippen molar-refractivity contribution in [3.63, 3.8) is 0 Å². The van der Waals surface area contributed by atoms with Crippen molar-refractivity contribution in [2.24, 2.45) is 5.84 Å². The molecule has 0 saturated heterocycles. The van der Waals surface area contributed by atoms with Gasteiger partial charge in [-0.1, -0.05) is 25.1 Å². The molecule has 0 saturated carbocycles. The van der Waals surface area contributed by atoms with Crippen molar-refractivity contribution in [2.45, 2.75) is 6.92 Å². The lowest BCUT2D eigenvalue weighted by Gasteiger charge is -1.96. The van der Waals surface area contributed by atoms with Gasteiger partial charge in [0.2, 0.25) is 6.79 Å². The Hall–Kier alpha value is -2.11. The van der Waals surface area contributed by atoms with E-state index in [0.29, 0.717) is 0 Å². The van der Waals surface area contributed by atoms with Gasteiger partial charge < -0.3 is 9.47 Å². The molecule has 0 spiro atoms. The summed E-state index contributed by atoms with van der Waals surface area (Å²) in [7, 11) is 0. The number of hydrogen-bond donors (Lipinski definition) is 2. The van der Waals surface area contributed by atoms with Gasteiger partial charge in [-0.15, -0.1) is 0 Å². The lowest BCUT2D eigenvalue weighted by molar-refractivity contribution is 0.174. The Morgan fingerprint density at radius 1 is 1.26 bits per heavy atom. The van der Waals surface area contributed by atoms with E-state index < -0.39 is 0 Å². The Kier molecular flexibility index (Phi) is 4.33. The van der Waals surface area contributed by atoms with Crippen molar-refractivity contribution in [3.05, 3.63) is 45.6 Å². The quantitative estimate of drug-likeness (QED) is 0.642. The highest BCUT2D eigenvalue weighted by Crippen LogP contribution is 2.32. The van der Waals surface area contributed by atoms with Crippen LogP contribution in [0.3, 0.4) is 0 Å². The molecule has 100 valence electrons. The van der Waals surface area contributed by atoms with Crippen LogP contribution in [0.25, 0.3) is 12.2 Å². The normalized spacial score (nSPS) is 12.7. The molecule has 0 radical (unpaired) electrons. The van der Waals surface area contributed by atoms with Crippen molar-refractivity contribution in [2.75, 3.05) is 13.3 Å². The monoisotopic (exact) mass is 260 g/mol. The summed E-state index contributed by atoms with van der Waals surface area (Å²) in [4.78, 5) is 10.7. The van der Waals surface area contributed by atoms with Crippen LogP contribution in [0.15, 0.2) is 29.1 Å². The van der Waals surface area contributed by atoms with E-state index in [4.69, 9.17) is 15.3 Å². The number of nitrogens with one attached hydrogen (secondary N) is 1. The molecule has 2 aromatic carbocycles. The molecule has 0 fully saturated rings. The third kappa shape index (κ3) is 3.67. The average Bonchev–Trinajstić information content (AvgIpc) is 2.95. The van der Waals surface area contributed by atoms with Crippen LogP contribution in [0.5, 0.6) is 11.5 Å². The van der Waals surface area contributed by atoms with Gasteiger partial charge in [0.25, 0.3) is 0 Å². The third-order valence-electron chi connectivity index (χ3n) is 2.54. The lowest BCUT2D eigenvalue weighted by atomic mass is 10.2. The number of ether oxygens (including phenoxy) is 2. The Morgan fingerprint density at radius 2 is 1.95 bits per heavy atom. The standard InChI is InChI=1S/C12H8O3.C2H8N2/c13-10-6-9(10)3-1-8-2-4-11-12(5-8)15-7-14-11;1-2-4-3/h1-6H,7H2;4H,2-3H2,1H3. The molecule has 1 aliphatic heterocycles. The van der Waals surface area contributed by atoms with Gasteiger partial charge >= 0.3 is 0 Å². The number of rotatable bonds is 3. The van der Waals surface area contributed by atoms with Crippen LogP contribution >= 0.6 is 0 Å². The fraction of sp³-hybridized carbons (Fsp3) is 0.214. The number of benzene rings is 1. The molecular formula is C14H16N2O3. The zero-order chi connectivity index (χ0) is 13.7. The van der Waals surface area contributed by atoms with Crippen molar-refractivity contribution in [1.29, 1.82) is 0 Å². The highest BCUT2D eigenvalue weighted by molar-refractivity contribution is 5.73. The maximum absolute atomic E-state index is 10.7. The average molecular weight is 260 g/mol. The molecule has 5 heteroatoms. The zero-order valence-corrected chi connectivity index (χ0v) is 10.7. The number of nitrogens with two attached hydrogens (primary N) is 1. The van der Waals surface area contributed by atoms with E-state index in [0.717, 1.165) is 29.2 Å². The SMILES string of the molecule is CCNN.O=c1cc1C=Cc1ccc2c(c1)OCO2. The Bertz CT molecular complexity index is 581. The van der Waals surface area contributed by atoms with E-state index in [9.17, 15) is 4.79 Å². The van der Waals surface area contributed by atoms with Crippen molar-refractivity contribution in [1.82, 2.24) is 5.43 Å². The van der Waals surface area contributed by atoms with Crippen LogP contribution in [0.4, 0.5) is 0 Å². The van der Waals surface area contributed by atoms with E-state index in [1.54, 1.807) is 12.1 Å². The van der Waals surface area contributed by atoms with Crippen LogP contribution in [0.1, 0.15) is 18.1 Å². The number of fused-ring (bicyclic) bond motifs is 1. The van der Waals surface area contributed by atoms with E-state index in [2.05, 4.69) is 5.43 Å². The summed E-state index contributed by atoms with van der Waals surface area (Å²) in [5, 5.41) is 0. The Labute approximate surface area is 111 Å². The second-order valence-electron chi connectivity index (χ2n) is 3.97. The summed E-state index contributed by atoms with van der Waals surface area (Å²) in [6.45, 7) is 3.08. The van der Waals surface area contributed by atoms with E-state index in [-0.39, 0.29) is 12.2 Å². The second kappa shape index (κ2) is 6.17. The van der Waals surface area contributed by atoms with Gasteiger partial charge in [-0.3, -0.25) is 16.1 Å². The minimum Gasteiger partial charge on any atom is -0.454 e. The Morgan fingerprint density at radius 3 is 2.58 bits per heavy atom. The van der Waals surface area contributed by atoms with Crippen LogP contribution in [0, 0.1) is 0 Å². The van der Waals surface area contributed by atoms with Crippen LogP contribution in [0.2, 0.25) is 0 Å². The van der Waals surface area contributed by atoms with Crippen molar-refractivity contribution < 1.29 is 9.47 Å².